The lowest BCUT2D eigenvalue weighted by Gasteiger charge is -2.11. The number of para-hydroxylation sites is 1. The van der Waals surface area contributed by atoms with E-state index in [-0.39, 0.29) is 12.1 Å². The van der Waals surface area contributed by atoms with Crippen molar-refractivity contribution >= 4 is 23.2 Å². The number of benzene rings is 2. The molecule has 3 aromatic rings. The van der Waals surface area contributed by atoms with Crippen LogP contribution in [0, 0.1) is 0 Å². The van der Waals surface area contributed by atoms with Gasteiger partial charge in [0.05, 0.1) is 11.9 Å². The molecule has 6 heteroatoms. The molecule has 2 aromatic carbocycles. The second-order valence-electron chi connectivity index (χ2n) is 6.25. The Bertz CT molecular complexity index is 863. The smallest absolute Gasteiger partial charge is 0.319 e. The Morgan fingerprint density at radius 1 is 0.889 bits per heavy atom. The number of ether oxygens (including phenoxy) is 1. The number of hydrogen-bond acceptors (Lipinski definition) is 4. The van der Waals surface area contributed by atoms with E-state index >= 15 is 0 Å². The van der Waals surface area contributed by atoms with Crippen molar-refractivity contribution in [3.63, 3.8) is 0 Å². The molecule has 0 spiro atoms. The van der Waals surface area contributed by atoms with Gasteiger partial charge in [0.2, 0.25) is 0 Å². The van der Waals surface area contributed by atoms with Crippen molar-refractivity contribution in [1.82, 2.24) is 10.3 Å². The summed E-state index contributed by atoms with van der Waals surface area (Å²) >= 11 is 0. The molecule has 138 valence electrons. The zero-order valence-corrected chi connectivity index (χ0v) is 15.3. The van der Waals surface area contributed by atoms with Gasteiger partial charge in [-0.3, -0.25) is 0 Å². The molecule has 0 unspecified atom stereocenters. The van der Waals surface area contributed by atoms with E-state index in [0.717, 1.165) is 17.2 Å². The quantitative estimate of drug-likeness (QED) is 0.567. The van der Waals surface area contributed by atoms with Gasteiger partial charge < -0.3 is 20.7 Å². The van der Waals surface area contributed by atoms with Crippen LogP contribution in [0.25, 0.3) is 0 Å². The van der Waals surface area contributed by atoms with Gasteiger partial charge in [-0.1, -0.05) is 18.2 Å². The summed E-state index contributed by atoms with van der Waals surface area (Å²) in [6.45, 7) is 3.81. The molecule has 0 fully saturated rings. The molecule has 0 saturated carbocycles. The highest BCUT2D eigenvalue weighted by Crippen LogP contribution is 2.24. The molecule has 0 saturated heterocycles. The van der Waals surface area contributed by atoms with E-state index in [1.165, 1.54) is 0 Å². The van der Waals surface area contributed by atoms with Gasteiger partial charge in [-0.05, 0) is 62.4 Å². The van der Waals surface area contributed by atoms with E-state index in [2.05, 4.69) is 20.9 Å². The van der Waals surface area contributed by atoms with E-state index < -0.39 is 0 Å². The van der Waals surface area contributed by atoms with Crippen molar-refractivity contribution < 1.29 is 9.53 Å². The first-order valence-corrected chi connectivity index (χ1v) is 8.72. The molecule has 27 heavy (non-hydrogen) atoms. The monoisotopic (exact) mass is 362 g/mol. The number of pyridine rings is 1. The summed E-state index contributed by atoms with van der Waals surface area (Å²) in [5.74, 6) is 2.24. The molecular formula is C21H22N4O2. The number of hydrogen-bond donors (Lipinski definition) is 3. The third-order valence-electron chi connectivity index (χ3n) is 3.55. The summed E-state index contributed by atoms with van der Waals surface area (Å²) in [4.78, 5) is 16.0. The lowest BCUT2D eigenvalue weighted by atomic mass is 10.3. The normalized spacial score (nSPS) is 10.3. The van der Waals surface area contributed by atoms with Crippen molar-refractivity contribution in [1.29, 1.82) is 0 Å². The van der Waals surface area contributed by atoms with Gasteiger partial charge in [0, 0.05) is 11.7 Å². The number of anilines is 3. The Kier molecular flexibility index (Phi) is 5.89. The molecule has 1 aromatic heterocycles. The van der Waals surface area contributed by atoms with E-state index in [1.54, 1.807) is 18.3 Å². The van der Waals surface area contributed by atoms with Crippen molar-refractivity contribution in [3.05, 3.63) is 72.9 Å². The Morgan fingerprint density at radius 2 is 1.56 bits per heavy atom. The van der Waals surface area contributed by atoms with E-state index in [4.69, 9.17) is 4.74 Å². The molecule has 3 rings (SSSR count). The van der Waals surface area contributed by atoms with Crippen molar-refractivity contribution in [3.8, 4) is 11.5 Å². The second kappa shape index (κ2) is 8.71. The third-order valence-corrected chi connectivity index (χ3v) is 3.55. The molecule has 0 radical (unpaired) electrons. The molecule has 3 N–H and O–H groups in total. The summed E-state index contributed by atoms with van der Waals surface area (Å²) in [7, 11) is 0. The maximum Gasteiger partial charge on any atom is 0.319 e. The maximum absolute atomic E-state index is 11.7. The molecule has 1 heterocycles. The number of nitrogens with one attached hydrogen (secondary N) is 3. The van der Waals surface area contributed by atoms with Crippen LogP contribution in [-0.4, -0.2) is 17.1 Å². The Balaban J connectivity index is 1.56. The minimum atomic E-state index is -0.249. The minimum absolute atomic E-state index is 0.0766. The van der Waals surface area contributed by atoms with Crippen LogP contribution in [0.2, 0.25) is 0 Å². The minimum Gasteiger partial charge on any atom is -0.457 e. The summed E-state index contributed by atoms with van der Waals surface area (Å²) in [6, 6.07) is 20.7. The zero-order valence-electron chi connectivity index (χ0n) is 15.3. The number of rotatable bonds is 6. The van der Waals surface area contributed by atoms with Crippen LogP contribution in [0.3, 0.4) is 0 Å². The van der Waals surface area contributed by atoms with Crippen LogP contribution in [0.4, 0.5) is 22.0 Å². The summed E-state index contributed by atoms with van der Waals surface area (Å²) in [5, 5.41) is 8.71. The molecular weight excluding hydrogens is 340 g/mol. The first-order valence-electron chi connectivity index (χ1n) is 8.72. The third kappa shape index (κ3) is 5.74. The van der Waals surface area contributed by atoms with E-state index in [0.29, 0.717) is 11.5 Å². The average molecular weight is 362 g/mol. The van der Waals surface area contributed by atoms with Gasteiger partial charge in [-0.2, -0.15) is 0 Å². The lowest BCUT2D eigenvalue weighted by Crippen LogP contribution is -2.34. The van der Waals surface area contributed by atoms with Crippen molar-refractivity contribution in [2.45, 2.75) is 19.9 Å². The first-order chi connectivity index (χ1) is 13.1. The van der Waals surface area contributed by atoms with Gasteiger partial charge in [0.25, 0.3) is 0 Å². The molecule has 2 amide bonds. The van der Waals surface area contributed by atoms with Gasteiger partial charge in [-0.25, -0.2) is 9.78 Å². The fourth-order valence-electron chi connectivity index (χ4n) is 2.35. The number of carbonyl (C=O) groups excluding carboxylic acids is 1. The molecule has 0 aliphatic rings. The summed E-state index contributed by atoms with van der Waals surface area (Å²) < 4.78 is 5.77. The summed E-state index contributed by atoms with van der Waals surface area (Å²) in [5.41, 5.74) is 1.52. The fourth-order valence-corrected chi connectivity index (χ4v) is 2.35. The topological polar surface area (TPSA) is 75.3 Å². The SMILES string of the molecule is CC(C)NC(=O)Nc1ccc(Nc2ccc(Oc3ccccc3)cc2)nc1. The van der Waals surface area contributed by atoms with Crippen molar-refractivity contribution in [2.75, 3.05) is 10.6 Å². The van der Waals surface area contributed by atoms with Crippen LogP contribution < -0.4 is 20.7 Å². The predicted octanol–water partition coefficient (Wildman–Crippen LogP) is 5.15. The first kappa shape index (κ1) is 18.3. The molecule has 0 aliphatic carbocycles. The Labute approximate surface area is 158 Å². The Morgan fingerprint density at radius 3 is 2.19 bits per heavy atom. The Hall–Kier alpha value is -3.54. The standard InChI is InChI=1S/C21H22N4O2/c1-15(2)23-21(26)25-17-10-13-20(22-14-17)24-16-8-11-19(12-9-16)27-18-6-4-3-5-7-18/h3-15H,1-2H3,(H,22,24)(H2,23,25,26). The molecule has 0 atom stereocenters. The van der Waals surface area contributed by atoms with E-state index in [9.17, 15) is 4.79 Å². The highest BCUT2D eigenvalue weighted by atomic mass is 16.5. The molecule has 6 nitrogen and oxygen atoms in total. The maximum atomic E-state index is 11.7. The largest absolute Gasteiger partial charge is 0.457 e. The number of nitrogens with zero attached hydrogens (tertiary/aromatic N) is 1. The zero-order chi connectivity index (χ0) is 19.1. The number of carbonyl (C=O) groups is 1. The highest BCUT2D eigenvalue weighted by molar-refractivity contribution is 5.89. The molecule has 0 bridgehead atoms. The number of aromatic nitrogens is 1. The lowest BCUT2D eigenvalue weighted by molar-refractivity contribution is 0.250. The van der Waals surface area contributed by atoms with Gasteiger partial charge in [0.1, 0.15) is 17.3 Å². The second-order valence-corrected chi connectivity index (χ2v) is 6.25. The number of amides is 2. The predicted molar refractivity (Wildman–Crippen MR) is 108 cm³/mol. The highest BCUT2D eigenvalue weighted by Gasteiger charge is 2.04. The van der Waals surface area contributed by atoms with Gasteiger partial charge in [-0.15, -0.1) is 0 Å². The van der Waals surface area contributed by atoms with Crippen molar-refractivity contribution in [2.24, 2.45) is 0 Å². The van der Waals surface area contributed by atoms with E-state index in [1.807, 2.05) is 68.4 Å². The van der Waals surface area contributed by atoms with Crippen LogP contribution >= 0.6 is 0 Å². The van der Waals surface area contributed by atoms with Crippen LogP contribution in [-0.2, 0) is 0 Å². The number of urea groups is 1. The van der Waals surface area contributed by atoms with Crippen LogP contribution in [0.15, 0.2) is 72.9 Å². The average Bonchev–Trinajstić information content (AvgIpc) is 2.65. The fraction of sp³-hybridized carbons (Fsp3) is 0.143. The van der Waals surface area contributed by atoms with Gasteiger partial charge >= 0.3 is 6.03 Å². The van der Waals surface area contributed by atoms with Gasteiger partial charge in [0.15, 0.2) is 0 Å². The van der Waals surface area contributed by atoms with Crippen LogP contribution in [0.5, 0.6) is 11.5 Å². The van der Waals surface area contributed by atoms with Crippen LogP contribution in [0.1, 0.15) is 13.8 Å². The summed E-state index contributed by atoms with van der Waals surface area (Å²) in [6.07, 6.45) is 1.61. The molecule has 0 aliphatic heterocycles.